The van der Waals surface area contributed by atoms with E-state index in [2.05, 4.69) is 38.6 Å². The largest absolute Gasteiger partial charge is 0.496 e. The number of nitrogens with one attached hydrogen (secondary N) is 1. The number of pyridine rings is 1. The summed E-state index contributed by atoms with van der Waals surface area (Å²) in [5.74, 6) is 1.12. The Morgan fingerprint density at radius 2 is 1.95 bits per heavy atom. The van der Waals surface area contributed by atoms with Gasteiger partial charge < -0.3 is 14.8 Å². The van der Waals surface area contributed by atoms with Crippen LogP contribution in [0.2, 0.25) is 0 Å². The molecule has 2 heterocycles. The summed E-state index contributed by atoms with van der Waals surface area (Å²) in [4.78, 5) is 27.9. The van der Waals surface area contributed by atoms with Crippen LogP contribution in [0, 0.1) is 5.92 Å². The fourth-order valence-corrected chi connectivity index (χ4v) is 5.17. The molecule has 0 bridgehead atoms. The van der Waals surface area contributed by atoms with Crippen LogP contribution in [0.15, 0.2) is 41.2 Å². The highest BCUT2D eigenvalue weighted by Gasteiger charge is 2.26. The standard InChI is InChI=1S/C28H33N5O4/c1-37-25-16-21(10-9-20(25)11-14-26-30-32-33(31-26)17-27(34)35)23(15-18-5-3-2-4-6-18)24-13-12-22(19-7-8-19)28(36)29-24/h9-10,12-13,15-16,18-19H,2-8,11,14,17H2,1H3,(H,29,36)(H,34,35)/b23-15+. The topological polar surface area (TPSA) is 123 Å². The minimum Gasteiger partial charge on any atom is -0.496 e. The number of methoxy groups -OCH3 is 1. The van der Waals surface area contributed by atoms with E-state index < -0.39 is 5.97 Å². The Labute approximate surface area is 215 Å². The van der Waals surface area contributed by atoms with Gasteiger partial charge in [0.15, 0.2) is 12.4 Å². The number of tetrazole rings is 1. The minimum absolute atomic E-state index is 0.0153. The van der Waals surface area contributed by atoms with E-state index in [0.29, 0.717) is 30.5 Å². The normalized spacial score (nSPS) is 16.6. The summed E-state index contributed by atoms with van der Waals surface area (Å²) in [5, 5.41) is 20.8. The third-order valence-corrected chi connectivity index (χ3v) is 7.29. The Morgan fingerprint density at radius 3 is 2.65 bits per heavy atom. The van der Waals surface area contributed by atoms with Gasteiger partial charge in [-0.15, -0.1) is 10.2 Å². The highest BCUT2D eigenvalue weighted by Crippen LogP contribution is 2.39. The van der Waals surface area contributed by atoms with E-state index in [4.69, 9.17) is 9.84 Å². The number of aliphatic carboxylic acids is 1. The van der Waals surface area contributed by atoms with Crippen LogP contribution in [0.1, 0.15) is 79.1 Å². The molecule has 2 aliphatic carbocycles. The van der Waals surface area contributed by atoms with Gasteiger partial charge in [-0.1, -0.05) is 43.5 Å². The van der Waals surface area contributed by atoms with Crippen LogP contribution in [-0.2, 0) is 24.2 Å². The molecule has 1 aromatic carbocycles. The number of aryl methyl sites for hydroxylation is 2. The van der Waals surface area contributed by atoms with Crippen LogP contribution in [0.25, 0.3) is 5.57 Å². The number of allylic oxidation sites excluding steroid dienone is 1. The van der Waals surface area contributed by atoms with Crippen LogP contribution in [0.5, 0.6) is 5.75 Å². The van der Waals surface area contributed by atoms with E-state index in [-0.39, 0.29) is 12.1 Å². The smallest absolute Gasteiger partial charge is 0.327 e. The molecule has 9 heteroatoms. The molecule has 3 aromatic rings. The van der Waals surface area contributed by atoms with E-state index >= 15 is 0 Å². The number of hydrogen-bond acceptors (Lipinski definition) is 6. The van der Waals surface area contributed by atoms with E-state index in [9.17, 15) is 9.59 Å². The summed E-state index contributed by atoms with van der Waals surface area (Å²) < 4.78 is 5.75. The molecule has 37 heavy (non-hydrogen) atoms. The van der Waals surface area contributed by atoms with Crippen LogP contribution < -0.4 is 10.3 Å². The number of H-pyrrole nitrogens is 1. The monoisotopic (exact) mass is 503 g/mol. The van der Waals surface area contributed by atoms with Crippen LogP contribution in [0.4, 0.5) is 0 Å². The molecular weight excluding hydrogens is 470 g/mol. The molecule has 2 N–H and O–H groups in total. The van der Waals surface area contributed by atoms with Crippen LogP contribution in [0.3, 0.4) is 0 Å². The molecule has 0 spiro atoms. The molecule has 9 nitrogen and oxygen atoms in total. The van der Waals surface area contributed by atoms with Gasteiger partial charge in [-0.3, -0.25) is 9.59 Å². The molecular formula is C28H33N5O4. The van der Waals surface area contributed by atoms with E-state index in [1.807, 2.05) is 18.2 Å². The molecule has 0 saturated heterocycles. The Bertz CT molecular complexity index is 1350. The third-order valence-electron chi connectivity index (χ3n) is 7.29. The lowest BCUT2D eigenvalue weighted by Crippen LogP contribution is -2.14. The van der Waals surface area contributed by atoms with E-state index in [1.54, 1.807) is 7.11 Å². The van der Waals surface area contributed by atoms with Gasteiger partial charge in [0.05, 0.1) is 7.11 Å². The van der Waals surface area contributed by atoms with Crippen molar-refractivity contribution >= 4 is 11.5 Å². The number of carboxylic acids is 1. The number of carboxylic acid groups (broad SMARTS) is 1. The lowest BCUT2D eigenvalue weighted by atomic mass is 9.86. The average Bonchev–Trinajstić information content (AvgIpc) is 3.65. The Hall–Kier alpha value is -3.75. The number of rotatable bonds is 10. The van der Waals surface area contributed by atoms with Crippen molar-refractivity contribution in [2.75, 3.05) is 7.11 Å². The third kappa shape index (κ3) is 6.15. The second kappa shape index (κ2) is 11.1. The SMILES string of the molecule is COc1cc(/C(=C\C2CCCCC2)c2ccc(C3CC3)c(=O)[nH]2)ccc1CCc1nnn(CC(=O)O)n1. The number of benzene rings is 1. The van der Waals surface area contributed by atoms with E-state index in [1.165, 1.54) is 32.1 Å². The summed E-state index contributed by atoms with van der Waals surface area (Å²) >= 11 is 0. The van der Waals surface area contributed by atoms with Crippen molar-refractivity contribution in [1.29, 1.82) is 0 Å². The molecule has 5 rings (SSSR count). The van der Waals surface area contributed by atoms with Gasteiger partial charge in [-0.05, 0) is 72.4 Å². The van der Waals surface area contributed by atoms with Crippen molar-refractivity contribution in [2.24, 2.45) is 5.92 Å². The van der Waals surface area contributed by atoms with Gasteiger partial charge in [-0.25, -0.2) is 0 Å². The van der Waals surface area contributed by atoms with Gasteiger partial charge in [0, 0.05) is 23.3 Å². The first-order chi connectivity index (χ1) is 18.0. The number of aromatic nitrogens is 5. The summed E-state index contributed by atoms with van der Waals surface area (Å²) in [5.41, 5.74) is 4.79. The van der Waals surface area contributed by atoms with Crippen molar-refractivity contribution in [3.05, 3.63) is 75.0 Å². The molecule has 194 valence electrons. The second-order valence-corrected chi connectivity index (χ2v) is 10.1. The first-order valence-electron chi connectivity index (χ1n) is 13.1. The van der Waals surface area contributed by atoms with Crippen LogP contribution in [-0.4, -0.2) is 43.4 Å². The van der Waals surface area contributed by atoms with Gasteiger partial charge in [0.2, 0.25) is 0 Å². The fraction of sp³-hybridized carbons (Fsp3) is 0.464. The lowest BCUT2D eigenvalue weighted by Gasteiger charge is -2.21. The quantitative estimate of drug-likeness (QED) is 0.426. The Morgan fingerprint density at radius 1 is 1.14 bits per heavy atom. The number of nitrogens with zero attached hydrogens (tertiary/aromatic N) is 4. The Kier molecular flexibility index (Phi) is 7.48. The zero-order chi connectivity index (χ0) is 25.8. The number of hydrogen-bond donors (Lipinski definition) is 2. The maximum atomic E-state index is 12.8. The van der Waals surface area contributed by atoms with Crippen molar-refractivity contribution in [1.82, 2.24) is 25.2 Å². The highest BCUT2D eigenvalue weighted by molar-refractivity contribution is 5.79. The molecule has 0 aliphatic heterocycles. The maximum Gasteiger partial charge on any atom is 0.327 e. The number of ether oxygens (including phenoxy) is 1. The van der Waals surface area contributed by atoms with Crippen molar-refractivity contribution in [3.63, 3.8) is 0 Å². The van der Waals surface area contributed by atoms with Crippen molar-refractivity contribution in [2.45, 2.75) is 70.3 Å². The molecule has 0 amide bonds. The molecule has 0 radical (unpaired) electrons. The summed E-state index contributed by atoms with van der Waals surface area (Å²) in [6, 6.07) is 10.2. The first-order valence-corrected chi connectivity index (χ1v) is 13.1. The molecule has 2 aliphatic rings. The van der Waals surface area contributed by atoms with Gasteiger partial charge in [0.1, 0.15) is 5.75 Å². The number of carbonyl (C=O) groups is 1. The first kappa shape index (κ1) is 24.9. The van der Waals surface area contributed by atoms with Gasteiger partial charge in [-0.2, -0.15) is 4.80 Å². The summed E-state index contributed by atoms with van der Waals surface area (Å²) in [6.45, 7) is -0.315. The molecule has 0 unspecified atom stereocenters. The molecule has 0 atom stereocenters. The zero-order valence-corrected chi connectivity index (χ0v) is 21.2. The van der Waals surface area contributed by atoms with E-state index in [0.717, 1.165) is 51.3 Å². The average molecular weight is 504 g/mol. The minimum atomic E-state index is -1.01. The predicted octanol–water partition coefficient (Wildman–Crippen LogP) is 4.13. The zero-order valence-electron chi connectivity index (χ0n) is 21.2. The summed E-state index contributed by atoms with van der Waals surface area (Å²) in [6.07, 6.45) is 11.7. The fourth-order valence-electron chi connectivity index (χ4n) is 5.17. The maximum absolute atomic E-state index is 12.8. The van der Waals surface area contributed by atoms with Crippen molar-refractivity contribution in [3.8, 4) is 5.75 Å². The van der Waals surface area contributed by atoms with Crippen LogP contribution >= 0.6 is 0 Å². The van der Waals surface area contributed by atoms with Gasteiger partial charge >= 0.3 is 5.97 Å². The van der Waals surface area contributed by atoms with Crippen molar-refractivity contribution < 1.29 is 14.6 Å². The summed E-state index contributed by atoms with van der Waals surface area (Å²) in [7, 11) is 1.65. The second-order valence-electron chi connectivity index (χ2n) is 10.1. The molecule has 2 fully saturated rings. The Balaban J connectivity index is 1.41. The van der Waals surface area contributed by atoms with Gasteiger partial charge in [0.25, 0.3) is 5.56 Å². The predicted molar refractivity (Wildman–Crippen MR) is 139 cm³/mol. The highest BCUT2D eigenvalue weighted by atomic mass is 16.5. The molecule has 2 aromatic heterocycles. The lowest BCUT2D eigenvalue weighted by molar-refractivity contribution is -0.138. The number of aromatic amines is 1. The molecule has 2 saturated carbocycles.